The molecule has 0 spiro atoms. The van der Waals surface area contributed by atoms with Gasteiger partial charge in [-0.25, -0.2) is 0 Å². The molecule has 1 aliphatic rings. The molecule has 1 aliphatic heterocycles. The van der Waals surface area contributed by atoms with Gasteiger partial charge in [0, 0.05) is 35.5 Å². The Hall–Kier alpha value is -3.13. The van der Waals surface area contributed by atoms with Crippen LogP contribution in [0.25, 0.3) is 33.2 Å². The fraction of sp³-hybridized carbons (Fsp3) is 0.261. The van der Waals surface area contributed by atoms with Gasteiger partial charge in [0.2, 0.25) is 0 Å². The highest BCUT2D eigenvalue weighted by atomic mass is 16.5. The second-order valence-corrected chi connectivity index (χ2v) is 7.93. The van der Waals surface area contributed by atoms with Crippen molar-refractivity contribution in [3.8, 4) is 22.4 Å². The van der Waals surface area contributed by atoms with Gasteiger partial charge in [-0.3, -0.25) is 4.68 Å². The van der Waals surface area contributed by atoms with Gasteiger partial charge in [0.1, 0.15) is 5.60 Å². The van der Waals surface area contributed by atoms with Gasteiger partial charge in [0.25, 0.3) is 0 Å². The summed E-state index contributed by atoms with van der Waals surface area (Å²) in [6.07, 6.45) is 3.61. The molecule has 2 aromatic carbocycles. The molecule has 7 nitrogen and oxygen atoms in total. The number of rotatable bonds is 3. The smallest absolute Gasteiger partial charge is 0.110 e. The van der Waals surface area contributed by atoms with E-state index in [1.165, 1.54) is 0 Å². The molecule has 30 heavy (non-hydrogen) atoms. The van der Waals surface area contributed by atoms with Crippen LogP contribution in [0.3, 0.4) is 0 Å². The second-order valence-electron chi connectivity index (χ2n) is 7.93. The molecule has 4 aromatic rings. The average Bonchev–Trinajstić information content (AvgIpc) is 3.13. The van der Waals surface area contributed by atoms with E-state index in [2.05, 4.69) is 33.5 Å². The number of benzene rings is 2. The van der Waals surface area contributed by atoms with Gasteiger partial charge < -0.3 is 15.6 Å². The molecular formula is C23H23N5O2. The third kappa shape index (κ3) is 2.90. The molecular weight excluding hydrogens is 378 g/mol. The van der Waals surface area contributed by atoms with Crippen molar-refractivity contribution in [2.45, 2.75) is 25.7 Å². The van der Waals surface area contributed by atoms with Gasteiger partial charge in [0.05, 0.1) is 37.0 Å². The highest BCUT2D eigenvalue weighted by molar-refractivity contribution is 5.91. The Morgan fingerprint density at radius 1 is 1.20 bits per heavy atom. The van der Waals surface area contributed by atoms with Crippen molar-refractivity contribution in [1.29, 1.82) is 0 Å². The lowest BCUT2D eigenvalue weighted by Crippen LogP contribution is -2.33. The third-order valence-corrected chi connectivity index (χ3v) is 5.82. The first-order valence-electron chi connectivity index (χ1n) is 9.89. The van der Waals surface area contributed by atoms with Gasteiger partial charge in [-0.2, -0.15) is 15.3 Å². The number of hydrogen-bond acceptors (Lipinski definition) is 6. The van der Waals surface area contributed by atoms with Crippen LogP contribution in [0.4, 0.5) is 0 Å². The number of nitrogens with two attached hydrogens (primary N) is 1. The fourth-order valence-electron chi connectivity index (χ4n) is 4.32. The van der Waals surface area contributed by atoms with E-state index in [1.54, 1.807) is 13.1 Å². The van der Waals surface area contributed by atoms with Crippen molar-refractivity contribution in [2.24, 2.45) is 12.8 Å². The van der Waals surface area contributed by atoms with Crippen molar-refractivity contribution in [3.05, 3.63) is 65.6 Å². The van der Waals surface area contributed by atoms with E-state index in [0.717, 1.165) is 50.0 Å². The number of aliphatic hydroxyl groups is 1. The lowest BCUT2D eigenvalue weighted by atomic mass is 9.86. The van der Waals surface area contributed by atoms with Gasteiger partial charge in [0.15, 0.2) is 0 Å². The third-order valence-electron chi connectivity index (χ3n) is 5.82. The van der Waals surface area contributed by atoms with Crippen LogP contribution in [0.2, 0.25) is 0 Å². The monoisotopic (exact) mass is 401 g/mol. The molecule has 2 aromatic heterocycles. The lowest BCUT2D eigenvalue weighted by molar-refractivity contribution is -0.0601. The van der Waals surface area contributed by atoms with Crippen molar-refractivity contribution < 1.29 is 9.84 Å². The minimum absolute atomic E-state index is 0.287. The molecule has 0 aliphatic carbocycles. The number of aromatic nitrogens is 4. The summed E-state index contributed by atoms with van der Waals surface area (Å²) >= 11 is 0. The Labute approximate surface area is 174 Å². The van der Waals surface area contributed by atoms with E-state index >= 15 is 0 Å². The van der Waals surface area contributed by atoms with E-state index in [4.69, 9.17) is 10.5 Å². The van der Waals surface area contributed by atoms with Gasteiger partial charge in [-0.15, -0.1) is 0 Å². The first-order valence-corrected chi connectivity index (χ1v) is 9.89. The van der Waals surface area contributed by atoms with E-state index < -0.39 is 5.60 Å². The minimum atomic E-state index is -1.01. The van der Waals surface area contributed by atoms with Crippen LogP contribution in [-0.4, -0.2) is 31.7 Å². The first kappa shape index (κ1) is 18.9. The predicted octanol–water partition coefficient (Wildman–Crippen LogP) is 2.89. The van der Waals surface area contributed by atoms with E-state index in [-0.39, 0.29) is 6.61 Å². The zero-order chi connectivity index (χ0) is 20.9. The molecule has 3 N–H and O–H groups in total. The molecule has 0 bridgehead atoms. The van der Waals surface area contributed by atoms with Gasteiger partial charge >= 0.3 is 0 Å². The van der Waals surface area contributed by atoms with Crippen molar-refractivity contribution in [3.63, 3.8) is 0 Å². The zero-order valence-electron chi connectivity index (χ0n) is 17.0. The van der Waals surface area contributed by atoms with Crippen LogP contribution in [0, 0.1) is 0 Å². The number of nitrogens with zero attached hydrogens (tertiary/aromatic N) is 4. The van der Waals surface area contributed by atoms with Crippen LogP contribution in [-0.2, 0) is 30.5 Å². The van der Waals surface area contributed by atoms with E-state index in [9.17, 15) is 5.11 Å². The topological polar surface area (TPSA) is 99.1 Å². The predicted molar refractivity (Wildman–Crippen MR) is 114 cm³/mol. The summed E-state index contributed by atoms with van der Waals surface area (Å²) in [6, 6.07) is 12.2. The second kappa shape index (κ2) is 6.98. The Morgan fingerprint density at radius 2 is 2.07 bits per heavy atom. The summed E-state index contributed by atoms with van der Waals surface area (Å²) in [5.41, 5.74) is 11.5. The van der Waals surface area contributed by atoms with Crippen LogP contribution in [0.1, 0.15) is 23.7 Å². The molecule has 3 heterocycles. The highest BCUT2D eigenvalue weighted by Gasteiger charge is 2.32. The van der Waals surface area contributed by atoms with Crippen LogP contribution >= 0.6 is 0 Å². The summed E-state index contributed by atoms with van der Waals surface area (Å²) < 4.78 is 7.58. The Kier molecular flexibility index (Phi) is 4.39. The number of aryl methyl sites for hydroxylation is 1. The molecule has 0 saturated carbocycles. The summed E-state index contributed by atoms with van der Waals surface area (Å²) in [6.45, 7) is 2.86. The molecule has 1 unspecified atom stereocenters. The maximum Gasteiger partial charge on any atom is 0.110 e. The molecule has 0 amide bonds. The largest absolute Gasteiger partial charge is 0.383 e. The van der Waals surface area contributed by atoms with E-state index in [1.807, 2.05) is 36.1 Å². The van der Waals surface area contributed by atoms with Crippen molar-refractivity contribution in [2.75, 3.05) is 6.61 Å². The van der Waals surface area contributed by atoms with Gasteiger partial charge in [-0.05, 0) is 29.7 Å². The van der Waals surface area contributed by atoms with Crippen molar-refractivity contribution in [1.82, 2.24) is 20.0 Å². The molecule has 152 valence electrons. The lowest BCUT2D eigenvalue weighted by Gasteiger charge is -2.32. The molecule has 0 saturated heterocycles. The molecule has 0 radical (unpaired) electrons. The van der Waals surface area contributed by atoms with Crippen LogP contribution in [0.5, 0.6) is 0 Å². The SMILES string of the molecule is Cn1ncc(-c2ccc3cnnc(CN)c3c2)c1-c1cccc2c1COCC2(C)O. The first-order chi connectivity index (χ1) is 14.5. The fourth-order valence-corrected chi connectivity index (χ4v) is 4.32. The summed E-state index contributed by atoms with van der Waals surface area (Å²) in [5.74, 6) is 0. The number of ether oxygens (including phenoxy) is 1. The Bertz CT molecular complexity index is 1260. The normalized spacial score (nSPS) is 18.5. The number of hydrogen-bond donors (Lipinski definition) is 2. The van der Waals surface area contributed by atoms with Crippen molar-refractivity contribution >= 4 is 10.8 Å². The maximum atomic E-state index is 10.8. The highest BCUT2D eigenvalue weighted by Crippen LogP contribution is 2.40. The number of fused-ring (bicyclic) bond motifs is 2. The molecule has 0 fully saturated rings. The zero-order valence-corrected chi connectivity index (χ0v) is 17.0. The molecule has 5 rings (SSSR count). The summed E-state index contributed by atoms with van der Waals surface area (Å²) in [5, 5.41) is 25.5. The van der Waals surface area contributed by atoms with Crippen LogP contribution in [0.15, 0.2) is 48.8 Å². The van der Waals surface area contributed by atoms with Crippen LogP contribution < -0.4 is 5.73 Å². The van der Waals surface area contributed by atoms with Gasteiger partial charge in [-0.1, -0.05) is 30.3 Å². The summed E-state index contributed by atoms with van der Waals surface area (Å²) in [4.78, 5) is 0. The molecule has 7 heteroatoms. The quantitative estimate of drug-likeness (QED) is 0.548. The van der Waals surface area contributed by atoms with E-state index in [0.29, 0.717) is 13.2 Å². The standard InChI is InChI=1S/C23H23N5O2/c1-23(29)13-30-12-19-16(4-3-5-20(19)23)22-18(11-26-28(22)2)14-6-7-15-10-25-27-21(9-24)17(15)8-14/h3-8,10-11,29H,9,12-13,24H2,1-2H3. The average molecular weight is 401 g/mol. The molecule has 1 atom stereocenters. The Balaban J connectivity index is 1.72. The maximum absolute atomic E-state index is 10.8. The summed E-state index contributed by atoms with van der Waals surface area (Å²) in [7, 11) is 1.93. The Morgan fingerprint density at radius 3 is 2.90 bits per heavy atom. The minimum Gasteiger partial charge on any atom is -0.383 e.